The lowest BCUT2D eigenvalue weighted by Gasteiger charge is -2.32. The smallest absolute Gasteiger partial charge is 0.257 e. The second-order valence-corrected chi connectivity index (χ2v) is 7.17. The second-order valence-electron chi connectivity index (χ2n) is 7.17. The number of nitrogens with one attached hydrogen (secondary N) is 1. The highest BCUT2D eigenvalue weighted by Crippen LogP contribution is 2.26. The summed E-state index contributed by atoms with van der Waals surface area (Å²) >= 11 is 0. The summed E-state index contributed by atoms with van der Waals surface area (Å²) in [5.74, 6) is 1.39. The minimum Gasteiger partial charge on any atom is -0.497 e. The van der Waals surface area contributed by atoms with Crippen LogP contribution in [0.5, 0.6) is 11.6 Å². The average Bonchev–Trinajstić information content (AvgIpc) is 3.25. The Bertz CT molecular complexity index is 958. The Balaban J connectivity index is 1.40. The Morgan fingerprint density at radius 3 is 2.52 bits per heavy atom. The number of hydrogen-bond donors (Lipinski definition) is 1. The lowest BCUT2D eigenvalue weighted by molar-refractivity contribution is 0.0588. The van der Waals surface area contributed by atoms with E-state index in [4.69, 9.17) is 9.47 Å². The first-order valence-corrected chi connectivity index (χ1v) is 9.70. The molecule has 7 heteroatoms. The molecule has 0 unspecified atom stereocenters. The van der Waals surface area contributed by atoms with Crippen molar-refractivity contribution in [1.82, 2.24) is 20.1 Å². The minimum absolute atomic E-state index is 0.0171. The zero-order valence-corrected chi connectivity index (χ0v) is 16.6. The number of aryl methyl sites for hydroxylation is 1. The molecule has 4 rings (SSSR count). The predicted octanol–water partition coefficient (Wildman–Crippen LogP) is 3.47. The largest absolute Gasteiger partial charge is 0.497 e. The van der Waals surface area contributed by atoms with Crippen LogP contribution in [0.4, 0.5) is 0 Å². The van der Waals surface area contributed by atoms with Crippen molar-refractivity contribution in [3.8, 4) is 22.9 Å². The van der Waals surface area contributed by atoms with Gasteiger partial charge in [0.1, 0.15) is 11.9 Å². The zero-order chi connectivity index (χ0) is 20.2. The molecule has 1 amide bonds. The van der Waals surface area contributed by atoms with E-state index in [1.54, 1.807) is 19.5 Å². The Hall–Kier alpha value is -3.35. The van der Waals surface area contributed by atoms with Crippen LogP contribution < -0.4 is 9.47 Å². The van der Waals surface area contributed by atoms with Gasteiger partial charge in [-0.05, 0) is 36.8 Å². The monoisotopic (exact) mass is 392 g/mol. The first kappa shape index (κ1) is 19.0. The van der Waals surface area contributed by atoms with Gasteiger partial charge in [0.15, 0.2) is 0 Å². The summed E-state index contributed by atoms with van der Waals surface area (Å²) in [4.78, 5) is 19.2. The normalized spacial score (nSPS) is 14.6. The van der Waals surface area contributed by atoms with Crippen molar-refractivity contribution in [2.24, 2.45) is 0 Å². The maximum atomic E-state index is 13.1. The highest BCUT2D eigenvalue weighted by Gasteiger charge is 2.27. The number of likely N-dealkylation sites (tertiary alicyclic amines) is 1. The number of hydrogen-bond acceptors (Lipinski definition) is 5. The van der Waals surface area contributed by atoms with Gasteiger partial charge in [-0.15, -0.1) is 0 Å². The highest BCUT2D eigenvalue weighted by atomic mass is 16.5. The van der Waals surface area contributed by atoms with Gasteiger partial charge in [0.25, 0.3) is 5.91 Å². The number of piperidine rings is 1. The van der Waals surface area contributed by atoms with Crippen LogP contribution in [0.25, 0.3) is 11.3 Å². The van der Waals surface area contributed by atoms with Gasteiger partial charge in [-0.3, -0.25) is 9.89 Å². The van der Waals surface area contributed by atoms with Gasteiger partial charge in [-0.25, -0.2) is 4.98 Å². The van der Waals surface area contributed by atoms with Crippen LogP contribution in [-0.2, 0) is 0 Å². The number of ether oxygens (including phenoxy) is 2. The van der Waals surface area contributed by atoms with Crippen molar-refractivity contribution in [2.75, 3.05) is 20.2 Å². The molecule has 3 heterocycles. The summed E-state index contributed by atoms with van der Waals surface area (Å²) in [5.41, 5.74) is 3.30. The molecule has 7 nitrogen and oxygen atoms in total. The summed E-state index contributed by atoms with van der Waals surface area (Å²) in [6.45, 7) is 3.28. The molecule has 150 valence electrons. The van der Waals surface area contributed by atoms with Crippen LogP contribution in [0.1, 0.15) is 28.8 Å². The van der Waals surface area contributed by atoms with Gasteiger partial charge in [-0.2, -0.15) is 5.10 Å². The van der Waals surface area contributed by atoms with E-state index in [1.807, 2.05) is 48.2 Å². The Labute approximate surface area is 169 Å². The first-order chi connectivity index (χ1) is 14.1. The third-order valence-electron chi connectivity index (χ3n) is 5.15. The molecular weight excluding hydrogens is 368 g/mol. The number of aromatic nitrogens is 3. The third kappa shape index (κ3) is 4.23. The number of aromatic amines is 1. The standard InChI is InChI=1S/C22H24N4O3/c1-15-3-8-20(23-13-15)29-18-9-11-26(12-10-18)22(27)19-14-24-25-21(19)16-4-6-17(28-2)7-5-16/h3-8,13-14,18H,9-12H2,1-2H3,(H,24,25). The topological polar surface area (TPSA) is 80.3 Å². The quantitative estimate of drug-likeness (QED) is 0.719. The van der Waals surface area contributed by atoms with E-state index in [-0.39, 0.29) is 12.0 Å². The van der Waals surface area contributed by atoms with E-state index in [1.165, 1.54) is 0 Å². The predicted molar refractivity (Wildman–Crippen MR) is 109 cm³/mol. The maximum absolute atomic E-state index is 13.1. The molecule has 1 aliphatic rings. The summed E-state index contributed by atoms with van der Waals surface area (Å²) in [5, 5.41) is 7.05. The number of H-pyrrole nitrogens is 1. The second kappa shape index (κ2) is 8.34. The van der Waals surface area contributed by atoms with Crippen molar-refractivity contribution in [3.63, 3.8) is 0 Å². The minimum atomic E-state index is -0.0171. The summed E-state index contributed by atoms with van der Waals surface area (Å²) in [7, 11) is 1.63. The maximum Gasteiger partial charge on any atom is 0.257 e. The van der Waals surface area contributed by atoms with E-state index < -0.39 is 0 Å². The number of carbonyl (C=O) groups excluding carboxylic acids is 1. The lowest BCUT2D eigenvalue weighted by atomic mass is 10.0. The summed E-state index contributed by atoms with van der Waals surface area (Å²) < 4.78 is 11.2. The molecule has 0 bridgehead atoms. The number of methoxy groups -OCH3 is 1. The lowest BCUT2D eigenvalue weighted by Crippen LogP contribution is -2.41. The van der Waals surface area contributed by atoms with E-state index in [9.17, 15) is 4.79 Å². The van der Waals surface area contributed by atoms with E-state index in [2.05, 4.69) is 15.2 Å². The van der Waals surface area contributed by atoms with Crippen LogP contribution >= 0.6 is 0 Å². The fraction of sp³-hybridized carbons (Fsp3) is 0.318. The summed E-state index contributed by atoms with van der Waals surface area (Å²) in [6.07, 6.45) is 5.02. The fourth-order valence-electron chi connectivity index (χ4n) is 3.47. The number of carbonyl (C=O) groups is 1. The van der Waals surface area contributed by atoms with Crippen LogP contribution in [0.2, 0.25) is 0 Å². The van der Waals surface area contributed by atoms with Crippen LogP contribution in [-0.4, -0.2) is 52.3 Å². The molecule has 0 atom stereocenters. The molecule has 1 fully saturated rings. The van der Waals surface area contributed by atoms with Crippen molar-refractivity contribution in [3.05, 3.63) is 59.9 Å². The molecule has 2 aromatic heterocycles. The zero-order valence-electron chi connectivity index (χ0n) is 16.6. The average molecular weight is 392 g/mol. The Morgan fingerprint density at radius 1 is 1.10 bits per heavy atom. The van der Waals surface area contributed by atoms with Crippen molar-refractivity contribution < 1.29 is 14.3 Å². The van der Waals surface area contributed by atoms with Crippen LogP contribution in [0, 0.1) is 6.92 Å². The molecule has 0 saturated carbocycles. The molecule has 0 aliphatic carbocycles. The number of amides is 1. The van der Waals surface area contributed by atoms with Gasteiger partial charge in [-0.1, -0.05) is 6.07 Å². The Kier molecular flexibility index (Phi) is 5.46. The van der Waals surface area contributed by atoms with Gasteiger partial charge < -0.3 is 14.4 Å². The van der Waals surface area contributed by atoms with Crippen molar-refractivity contribution in [2.45, 2.75) is 25.9 Å². The van der Waals surface area contributed by atoms with E-state index >= 15 is 0 Å². The number of pyridine rings is 1. The molecule has 0 spiro atoms. The van der Waals surface area contributed by atoms with Gasteiger partial charge in [0, 0.05) is 43.8 Å². The van der Waals surface area contributed by atoms with Gasteiger partial charge in [0.2, 0.25) is 5.88 Å². The molecule has 0 radical (unpaired) electrons. The van der Waals surface area contributed by atoms with E-state index in [0.717, 1.165) is 35.4 Å². The molecule has 29 heavy (non-hydrogen) atoms. The number of rotatable bonds is 5. The van der Waals surface area contributed by atoms with Crippen molar-refractivity contribution >= 4 is 5.91 Å². The number of nitrogens with zero attached hydrogens (tertiary/aromatic N) is 3. The third-order valence-corrected chi connectivity index (χ3v) is 5.15. The molecule has 3 aromatic rings. The molecule has 1 aliphatic heterocycles. The van der Waals surface area contributed by atoms with Crippen LogP contribution in [0.15, 0.2) is 48.8 Å². The molecular formula is C22H24N4O3. The fourth-order valence-corrected chi connectivity index (χ4v) is 3.47. The molecule has 1 N–H and O–H groups in total. The first-order valence-electron chi connectivity index (χ1n) is 9.70. The van der Waals surface area contributed by atoms with Gasteiger partial charge in [0.05, 0.1) is 24.6 Å². The van der Waals surface area contributed by atoms with Crippen LogP contribution in [0.3, 0.4) is 0 Å². The molecule has 1 saturated heterocycles. The van der Waals surface area contributed by atoms with Gasteiger partial charge >= 0.3 is 0 Å². The Morgan fingerprint density at radius 2 is 1.86 bits per heavy atom. The SMILES string of the molecule is COc1ccc(-c2[nH]ncc2C(=O)N2CCC(Oc3ccc(C)cn3)CC2)cc1. The van der Waals surface area contributed by atoms with Crippen molar-refractivity contribution in [1.29, 1.82) is 0 Å². The molecule has 1 aromatic carbocycles. The highest BCUT2D eigenvalue weighted by molar-refractivity contribution is 5.99. The number of benzene rings is 1. The summed E-state index contributed by atoms with van der Waals surface area (Å²) in [6, 6.07) is 11.4. The van der Waals surface area contributed by atoms with E-state index in [0.29, 0.717) is 24.5 Å².